The molecule has 1 aliphatic rings. The molecule has 2 aromatic rings. The lowest BCUT2D eigenvalue weighted by atomic mass is 9.95. The zero-order valence-corrected chi connectivity index (χ0v) is 22.1. The first-order valence-electron chi connectivity index (χ1n) is 12.6. The van der Waals surface area contributed by atoms with Crippen LogP contribution in [0.1, 0.15) is 49.5 Å². The molecule has 202 valence electrons. The average Bonchev–Trinajstić information content (AvgIpc) is 3.42. The highest BCUT2D eigenvalue weighted by Gasteiger charge is 2.52. The summed E-state index contributed by atoms with van der Waals surface area (Å²) in [7, 11) is 1.22. The SMILES string of the molecule is COC(=O)Oc1ccc(CCCN2C(=O)C(F)(F)C[C@@H]2/C=C/[C@@H](O)[C@@H](C)CCCCc2ccccc2)s1. The van der Waals surface area contributed by atoms with E-state index in [2.05, 4.69) is 16.9 Å². The standard InChI is InChI=1S/C28H35F2NO5S/c1-20(9-6-7-12-21-10-4-3-5-11-21)24(32)16-14-22-19-28(29,30)26(33)31(22)18-8-13-23-15-17-25(37-23)36-27(34)35-2/h3-5,10-11,14-17,20,22,24,32H,6-9,12-13,18-19H2,1-2H3/b16-14+/t20-,22-,24+/m0/s1. The number of nitrogens with zero attached hydrogens (tertiary/aromatic N) is 1. The molecule has 0 aliphatic carbocycles. The molecular formula is C28H35F2NO5S. The first kappa shape index (κ1) is 28.8. The Labute approximate surface area is 220 Å². The molecule has 0 unspecified atom stereocenters. The summed E-state index contributed by atoms with van der Waals surface area (Å²) in [5, 5.41) is 10.9. The Balaban J connectivity index is 1.47. The lowest BCUT2D eigenvalue weighted by Gasteiger charge is -2.22. The number of amides is 1. The Morgan fingerprint density at radius 3 is 2.68 bits per heavy atom. The fourth-order valence-corrected chi connectivity index (χ4v) is 5.28. The van der Waals surface area contributed by atoms with E-state index in [1.165, 1.54) is 28.9 Å². The quantitative estimate of drug-likeness (QED) is 0.193. The summed E-state index contributed by atoms with van der Waals surface area (Å²) in [4.78, 5) is 25.6. The van der Waals surface area contributed by atoms with Gasteiger partial charge in [0.2, 0.25) is 0 Å². The third-order valence-electron chi connectivity index (χ3n) is 6.58. The average molecular weight is 536 g/mol. The molecule has 3 rings (SSSR count). The van der Waals surface area contributed by atoms with Crippen LogP contribution >= 0.6 is 11.3 Å². The number of benzene rings is 1. The van der Waals surface area contributed by atoms with E-state index >= 15 is 0 Å². The molecule has 0 spiro atoms. The van der Waals surface area contributed by atoms with Crippen LogP contribution in [0.15, 0.2) is 54.6 Å². The van der Waals surface area contributed by atoms with Crippen LogP contribution in [0, 0.1) is 5.92 Å². The smallest absolute Gasteiger partial charge is 0.437 e. The molecule has 0 bridgehead atoms. The number of likely N-dealkylation sites (tertiary alicyclic amines) is 1. The lowest BCUT2D eigenvalue weighted by molar-refractivity contribution is -0.148. The number of aryl methyl sites for hydroxylation is 2. The van der Waals surface area contributed by atoms with E-state index in [0.717, 1.165) is 30.6 Å². The number of alkyl halides is 2. The summed E-state index contributed by atoms with van der Waals surface area (Å²) in [5.74, 6) is -4.60. The molecule has 1 aromatic heterocycles. The number of ether oxygens (including phenoxy) is 2. The van der Waals surface area contributed by atoms with E-state index in [1.54, 1.807) is 24.3 Å². The number of aliphatic hydroxyl groups is 1. The predicted molar refractivity (Wildman–Crippen MR) is 139 cm³/mol. The fourth-order valence-electron chi connectivity index (χ4n) is 4.40. The lowest BCUT2D eigenvalue weighted by Crippen LogP contribution is -2.36. The van der Waals surface area contributed by atoms with Crippen molar-refractivity contribution in [1.82, 2.24) is 4.90 Å². The topological polar surface area (TPSA) is 76.1 Å². The first-order chi connectivity index (χ1) is 17.7. The van der Waals surface area contributed by atoms with Crippen molar-refractivity contribution in [3.63, 3.8) is 0 Å². The number of rotatable bonds is 13. The van der Waals surface area contributed by atoms with E-state index < -0.39 is 36.6 Å². The van der Waals surface area contributed by atoms with Crippen molar-refractivity contribution in [3.8, 4) is 5.06 Å². The number of carbonyl (C=O) groups is 2. The molecule has 37 heavy (non-hydrogen) atoms. The van der Waals surface area contributed by atoms with Crippen LogP contribution in [-0.2, 0) is 22.4 Å². The molecular weight excluding hydrogens is 500 g/mol. The highest BCUT2D eigenvalue weighted by atomic mass is 32.1. The van der Waals surface area contributed by atoms with Crippen LogP contribution < -0.4 is 4.74 Å². The van der Waals surface area contributed by atoms with Gasteiger partial charge >= 0.3 is 12.1 Å². The van der Waals surface area contributed by atoms with Gasteiger partial charge in [-0.25, -0.2) is 4.79 Å². The Kier molecular flexibility index (Phi) is 10.6. The third kappa shape index (κ3) is 8.64. The van der Waals surface area contributed by atoms with Crippen molar-refractivity contribution in [2.45, 2.75) is 69.9 Å². The summed E-state index contributed by atoms with van der Waals surface area (Å²) in [6.07, 6.45) is 5.76. The van der Waals surface area contributed by atoms with E-state index in [0.29, 0.717) is 17.9 Å². The molecule has 9 heteroatoms. The largest absolute Gasteiger partial charge is 0.514 e. The van der Waals surface area contributed by atoms with Gasteiger partial charge in [-0.1, -0.05) is 55.8 Å². The fraction of sp³-hybridized carbons (Fsp3) is 0.500. The molecule has 1 aliphatic heterocycles. The van der Waals surface area contributed by atoms with Crippen LogP contribution in [0.25, 0.3) is 0 Å². The summed E-state index contributed by atoms with van der Waals surface area (Å²) in [6, 6.07) is 12.9. The van der Waals surface area contributed by atoms with E-state index in [-0.39, 0.29) is 12.5 Å². The summed E-state index contributed by atoms with van der Waals surface area (Å²) >= 11 is 1.26. The van der Waals surface area contributed by atoms with E-state index in [9.17, 15) is 23.5 Å². The van der Waals surface area contributed by atoms with Crippen molar-refractivity contribution in [3.05, 3.63) is 65.1 Å². The van der Waals surface area contributed by atoms with Crippen LogP contribution in [-0.4, -0.2) is 53.8 Å². The van der Waals surface area contributed by atoms with Crippen LogP contribution in [0.3, 0.4) is 0 Å². The Morgan fingerprint density at radius 1 is 1.19 bits per heavy atom. The van der Waals surface area contributed by atoms with Crippen LogP contribution in [0.2, 0.25) is 0 Å². The predicted octanol–water partition coefficient (Wildman–Crippen LogP) is 6.03. The van der Waals surface area contributed by atoms with Crippen LogP contribution in [0.5, 0.6) is 5.06 Å². The van der Waals surface area contributed by atoms with Crippen molar-refractivity contribution in [2.24, 2.45) is 5.92 Å². The number of methoxy groups -OCH3 is 1. The first-order valence-corrected chi connectivity index (χ1v) is 13.4. The number of halogens is 2. The van der Waals surface area contributed by atoms with Crippen molar-refractivity contribution in [1.29, 1.82) is 0 Å². The van der Waals surface area contributed by atoms with Gasteiger partial charge in [0.25, 0.3) is 5.91 Å². The Hall–Kier alpha value is -2.78. The Bertz CT molecular complexity index is 1040. The summed E-state index contributed by atoms with van der Waals surface area (Å²) in [6.45, 7) is 2.11. The maximum atomic E-state index is 14.2. The maximum absolute atomic E-state index is 14.2. The second-order valence-corrected chi connectivity index (χ2v) is 10.6. The zero-order chi connectivity index (χ0) is 26.8. The number of hydrogen-bond donors (Lipinski definition) is 1. The second kappa shape index (κ2) is 13.7. The van der Waals surface area contributed by atoms with Crippen LogP contribution in [0.4, 0.5) is 13.6 Å². The van der Waals surface area contributed by atoms with Gasteiger partial charge in [0.15, 0.2) is 5.06 Å². The zero-order valence-electron chi connectivity index (χ0n) is 21.3. The number of hydrogen-bond acceptors (Lipinski definition) is 6. The van der Waals surface area contributed by atoms with Gasteiger partial charge in [0.1, 0.15) is 0 Å². The van der Waals surface area contributed by atoms with Gasteiger partial charge in [-0.3, -0.25) is 4.79 Å². The third-order valence-corrected chi connectivity index (χ3v) is 7.60. The van der Waals surface area contributed by atoms with E-state index in [1.807, 2.05) is 25.1 Å². The van der Waals surface area contributed by atoms with Gasteiger partial charge in [0.05, 0.1) is 19.3 Å². The molecule has 1 aromatic carbocycles. The molecule has 0 saturated carbocycles. The minimum Gasteiger partial charge on any atom is -0.437 e. The molecule has 1 saturated heterocycles. The van der Waals surface area contributed by atoms with Gasteiger partial charge in [-0.2, -0.15) is 8.78 Å². The van der Waals surface area contributed by atoms with E-state index in [4.69, 9.17) is 4.74 Å². The number of unbranched alkanes of at least 4 members (excludes halogenated alkanes) is 1. The highest BCUT2D eigenvalue weighted by molar-refractivity contribution is 7.13. The molecule has 3 atom stereocenters. The number of aliphatic hydroxyl groups excluding tert-OH is 1. The molecule has 0 radical (unpaired) electrons. The summed E-state index contributed by atoms with van der Waals surface area (Å²) in [5.41, 5.74) is 1.29. The molecule has 1 amide bonds. The summed E-state index contributed by atoms with van der Waals surface area (Å²) < 4.78 is 37.9. The maximum Gasteiger partial charge on any atom is 0.514 e. The molecule has 1 N–H and O–H groups in total. The number of carbonyl (C=O) groups excluding carboxylic acids is 2. The molecule has 2 heterocycles. The minimum absolute atomic E-state index is 0.0154. The highest BCUT2D eigenvalue weighted by Crippen LogP contribution is 2.35. The minimum atomic E-state index is -3.41. The van der Waals surface area contributed by atoms with Crippen molar-refractivity contribution < 1.29 is 33.0 Å². The molecule has 1 fully saturated rings. The monoisotopic (exact) mass is 535 g/mol. The van der Waals surface area contributed by atoms with Crippen molar-refractivity contribution >= 4 is 23.4 Å². The van der Waals surface area contributed by atoms with Gasteiger partial charge < -0.3 is 19.5 Å². The van der Waals surface area contributed by atoms with Crippen molar-refractivity contribution in [2.75, 3.05) is 13.7 Å². The molecule has 6 nitrogen and oxygen atoms in total. The van der Waals surface area contributed by atoms with Gasteiger partial charge in [-0.05, 0) is 55.7 Å². The van der Waals surface area contributed by atoms with Gasteiger partial charge in [0, 0.05) is 17.8 Å². The van der Waals surface area contributed by atoms with Gasteiger partial charge in [-0.15, -0.1) is 11.3 Å². The normalized spacial score (nSPS) is 18.8. The number of thiophene rings is 1. The Morgan fingerprint density at radius 2 is 1.95 bits per heavy atom. The second-order valence-electron chi connectivity index (χ2n) is 9.44.